The number of hydrogen-bond acceptors (Lipinski definition) is 3. The van der Waals surface area contributed by atoms with Crippen molar-refractivity contribution < 1.29 is 19.1 Å². The van der Waals surface area contributed by atoms with Crippen LogP contribution in [-0.4, -0.2) is 29.3 Å². The third-order valence-electron chi connectivity index (χ3n) is 2.30. The van der Waals surface area contributed by atoms with Crippen LogP contribution in [0.25, 0.3) is 0 Å². The molecular weight excluding hydrogens is 269 g/mol. The van der Waals surface area contributed by atoms with Crippen LogP contribution >= 0.6 is 11.8 Å². The van der Waals surface area contributed by atoms with Gasteiger partial charge in [-0.3, -0.25) is 9.59 Å². The number of rotatable bonds is 8. The summed E-state index contributed by atoms with van der Waals surface area (Å²) >= 11 is 1.43. The fourth-order valence-corrected chi connectivity index (χ4v) is 2.18. The van der Waals surface area contributed by atoms with E-state index in [9.17, 15) is 14.0 Å². The predicted molar refractivity (Wildman–Crippen MR) is 72.4 cm³/mol. The lowest BCUT2D eigenvalue weighted by atomic mass is 10.2. The molecule has 2 N–H and O–H groups in total. The highest BCUT2D eigenvalue weighted by molar-refractivity contribution is 7.99. The summed E-state index contributed by atoms with van der Waals surface area (Å²) in [5, 5.41) is 11.1. The number of carbonyl (C=O) groups excluding carboxylic acids is 1. The molecule has 4 nitrogen and oxygen atoms in total. The molecule has 0 aliphatic carbocycles. The van der Waals surface area contributed by atoms with Crippen LogP contribution < -0.4 is 5.32 Å². The Balaban J connectivity index is 2.10. The standard InChI is InChI=1S/C13H16FNO3S/c14-11-5-3-10(4-6-11)8-19-9-12(16)15-7-1-2-13(17)18/h3-6H,1-2,7-9H2,(H,15,16)(H,17,18). The average molecular weight is 285 g/mol. The lowest BCUT2D eigenvalue weighted by Crippen LogP contribution is -2.26. The van der Waals surface area contributed by atoms with Crippen molar-refractivity contribution in [2.75, 3.05) is 12.3 Å². The third kappa shape index (κ3) is 7.46. The quantitative estimate of drug-likeness (QED) is 0.717. The molecule has 0 bridgehead atoms. The number of carbonyl (C=O) groups is 2. The average Bonchev–Trinajstić information content (AvgIpc) is 2.37. The molecule has 19 heavy (non-hydrogen) atoms. The molecule has 0 aliphatic heterocycles. The second-order valence-electron chi connectivity index (χ2n) is 3.97. The Labute approximate surface area is 115 Å². The molecular formula is C13H16FNO3S. The number of amides is 1. The van der Waals surface area contributed by atoms with Crippen molar-refractivity contribution in [2.45, 2.75) is 18.6 Å². The first kappa shape index (κ1) is 15.5. The molecule has 0 heterocycles. The highest BCUT2D eigenvalue weighted by Gasteiger charge is 2.02. The molecule has 0 saturated heterocycles. The lowest BCUT2D eigenvalue weighted by molar-refractivity contribution is -0.137. The Morgan fingerprint density at radius 2 is 1.95 bits per heavy atom. The van der Waals surface area contributed by atoms with Gasteiger partial charge in [0.05, 0.1) is 5.75 Å². The smallest absolute Gasteiger partial charge is 0.303 e. The van der Waals surface area contributed by atoms with Gasteiger partial charge in [0.15, 0.2) is 0 Å². The highest BCUT2D eigenvalue weighted by atomic mass is 32.2. The van der Waals surface area contributed by atoms with Gasteiger partial charge in [-0.15, -0.1) is 11.8 Å². The summed E-state index contributed by atoms with van der Waals surface area (Å²) in [6.07, 6.45) is 0.493. The predicted octanol–water partition coefficient (Wildman–Crippen LogP) is 2.04. The van der Waals surface area contributed by atoms with Gasteiger partial charge in [-0.1, -0.05) is 12.1 Å². The third-order valence-corrected chi connectivity index (χ3v) is 3.31. The normalized spacial score (nSPS) is 10.2. The van der Waals surface area contributed by atoms with Crippen LogP contribution in [0.2, 0.25) is 0 Å². The van der Waals surface area contributed by atoms with E-state index < -0.39 is 5.97 Å². The Kier molecular flexibility index (Phi) is 6.95. The van der Waals surface area contributed by atoms with Gasteiger partial charge in [0.1, 0.15) is 5.82 Å². The fraction of sp³-hybridized carbons (Fsp3) is 0.385. The zero-order valence-electron chi connectivity index (χ0n) is 10.4. The zero-order chi connectivity index (χ0) is 14.1. The molecule has 104 valence electrons. The number of nitrogens with one attached hydrogen (secondary N) is 1. The number of hydrogen-bond donors (Lipinski definition) is 2. The van der Waals surface area contributed by atoms with Gasteiger partial charge in [0.2, 0.25) is 5.91 Å². The van der Waals surface area contributed by atoms with E-state index in [1.54, 1.807) is 12.1 Å². The number of carboxylic acid groups (broad SMARTS) is 1. The van der Waals surface area contributed by atoms with Gasteiger partial charge in [-0.2, -0.15) is 0 Å². The van der Waals surface area contributed by atoms with Crippen molar-refractivity contribution in [3.63, 3.8) is 0 Å². The van der Waals surface area contributed by atoms with Crippen molar-refractivity contribution in [2.24, 2.45) is 0 Å². The van der Waals surface area contributed by atoms with Gasteiger partial charge in [-0.05, 0) is 24.1 Å². The van der Waals surface area contributed by atoms with E-state index in [2.05, 4.69) is 5.32 Å². The van der Waals surface area contributed by atoms with E-state index in [1.807, 2.05) is 0 Å². The molecule has 1 aromatic rings. The molecule has 6 heteroatoms. The molecule has 0 spiro atoms. The van der Waals surface area contributed by atoms with Crippen molar-refractivity contribution >= 4 is 23.6 Å². The van der Waals surface area contributed by atoms with E-state index >= 15 is 0 Å². The summed E-state index contributed by atoms with van der Waals surface area (Å²) in [6.45, 7) is 0.377. The Morgan fingerprint density at radius 1 is 1.26 bits per heavy atom. The summed E-state index contributed by atoms with van der Waals surface area (Å²) < 4.78 is 12.7. The SMILES string of the molecule is O=C(O)CCCNC(=O)CSCc1ccc(F)cc1. The van der Waals surface area contributed by atoms with E-state index in [0.717, 1.165) is 5.56 Å². The summed E-state index contributed by atoms with van der Waals surface area (Å²) in [4.78, 5) is 21.6. The first-order valence-corrected chi connectivity index (χ1v) is 7.04. The van der Waals surface area contributed by atoms with Crippen LogP contribution in [0.1, 0.15) is 18.4 Å². The van der Waals surface area contributed by atoms with Crippen molar-refractivity contribution in [1.29, 1.82) is 0 Å². The van der Waals surface area contributed by atoms with E-state index in [-0.39, 0.29) is 18.1 Å². The maximum Gasteiger partial charge on any atom is 0.303 e. The van der Waals surface area contributed by atoms with Crippen molar-refractivity contribution in [1.82, 2.24) is 5.32 Å². The van der Waals surface area contributed by atoms with E-state index in [1.165, 1.54) is 23.9 Å². The largest absolute Gasteiger partial charge is 0.481 e. The van der Waals surface area contributed by atoms with Gasteiger partial charge in [-0.25, -0.2) is 4.39 Å². The van der Waals surface area contributed by atoms with Crippen LogP contribution in [0, 0.1) is 5.82 Å². The molecule has 0 atom stereocenters. The first-order valence-electron chi connectivity index (χ1n) is 5.88. The van der Waals surface area contributed by atoms with Crippen molar-refractivity contribution in [3.05, 3.63) is 35.6 Å². The minimum Gasteiger partial charge on any atom is -0.481 e. The molecule has 0 saturated carbocycles. The number of thioether (sulfide) groups is 1. The molecule has 0 fully saturated rings. The van der Waals surface area contributed by atoms with Crippen LogP contribution in [0.3, 0.4) is 0 Å². The first-order chi connectivity index (χ1) is 9.08. The number of carboxylic acids is 1. The maximum atomic E-state index is 12.7. The van der Waals surface area contributed by atoms with Crippen LogP contribution in [0.5, 0.6) is 0 Å². The van der Waals surface area contributed by atoms with E-state index in [0.29, 0.717) is 24.5 Å². The maximum absolute atomic E-state index is 12.7. The van der Waals surface area contributed by atoms with Crippen LogP contribution in [0.15, 0.2) is 24.3 Å². The molecule has 0 unspecified atom stereocenters. The second-order valence-corrected chi connectivity index (χ2v) is 4.95. The minimum atomic E-state index is -0.861. The monoisotopic (exact) mass is 285 g/mol. The van der Waals surface area contributed by atoms with Crippen LogP contribution in [0.4, 0.5) is 4.39 Å². The molecule has 1 amide bonds. The zero-order valence-corrected chi connectivity index (χ0v) is 11.2. The topological polar surface area (TPSA) is 66.4 Å². The molecule has 0 radical (unpaired) electrons. The van der Waals surface area contributed by atoms with Gasteiger partial charge in [0, 0.05) is 18.7 Å². The minimum absolute atomic E-state index is 0.0585. The second kappa shape index (κ2) is 8.53. The van der Waals surface area contributed by atoms with Crippen LogP contribution in [-0.2, 0) is 15.3 Å². The summed E-state index contributed by atoms with van der Waals surface area (Å²) in [7, 11) is 0. The van der Waals surface area contributed by atoms with Crippen molar-refractivity contribution in [3.8, 4) is 0 Å². The Bertz CT molecular complexity index is 422. The van der Waals surface area contributed by atoms with Gasteiger partial charge < -0.3 is 10.4 Å². The number of halogens is 1. The number of benzene rings is 1. The lowest BCUT2D eigenvalue weighted by Gasteiger charge is -2.04. The molecule has 0 aromatic heterocycles. The van der Waals surface area contributed by atoms with Gasteiger partial charge in [0.25, 0.3) is 0 Å². The Hall–Kier alpha value is -1.56. The van der Waals surface area contributed by atoms with Gasteiger partial charge >= 0.3 is 5.97 Å². The summed E-state index contributed by atoms with van der Waals surface area (Å²) in [6, 6.07) is 6.16. The molecule has 1 aromatic carbocycles. The number of aliphatic carboxylic acids is 1. The summed E-state index contributed by atoms with van der Waals surface area (Å²) in [5.74, 6) is -0.296. The Morgan fingerprint density at radius 3 is 2.58 bits per heavy atom. The molecule has 0 aliphatic rings. The molecule has 1 rings (SSSR count). The highest BCUT2D eigenvalue weighted by Crippen LogP contribution is 2.12. The van der Waals surface area contributed by atoms with E-state index in [4.69, 9.17) is 5.11 Å². The fourth-order valence-electron chi connectivity index (χ4n) is 1.36. The summed E-state index contributed by atoms with van der Waals surface area (Å²) in [5.41, 5.74) is 0.963.